The van der Waals surface area contributed by atoms with Crippen molar-refractivity contribution >= 4 is 17.2 Å². The number of benzene rings is 1. The van der Waals surface area contributed by atoms with Crippen LogP contribution in [0.4, 0.5) is 4.39 Å². The third-order valence-corrected chi connectivity index (χ3v) is 6.02. The van der Waals surface area contributed by atoms with Crippen molar-refractivity contribution in [3.8, 4) is 0 Å². The highest BCUT2D eigenvalue weighted by atomic mass is 32.1. The number of halogens is 1. The van der Waals surface area contributed by atoms with Gasteiger partial charge in [0, 0.05) is 30.3 Å². The standard InChI is InChI=1S/C19H23FN2OS/c1-13-14(2)24-19(21-13)16-9-11-22(12-10-16)18(23)8-5-15-3-6-17(20)7-4-15/h3-4,6-7,16H,5,8-12H2,1-2H3. The van der Waals surface area contributed by atoms with Gasteiger partial charge in [-0.2, -0.15) is 0 Å². The van der Waals surface area contributed by atoms with Gasteiger partial charge in [0.15, 0.2) is 0 Å². The highest BCUT2D eigenvalue weighted by molar-refractivity contribution is 7.11. The van der Waals surface area contributed by atoms with Gasteiger partial charge >= 0.3 is 0 Å². The normalized spacial score (nSPS) is 15.7. The van der Waals surface area contributed by atoms with E-state index in [1.54, 1.807) is 23.5 Å². The predicted molar refractivity (Wildman–Crippen MR) is 94.9 cm³/mol. The summed E-state index contributed by atoms with van der Waals surface area (Å²) >= 11 is 1.79. The molecule has 1 aromatic carbocycles. The number of hydrogen-bond donors (Lipinski definition) is 0. The summed E-state index contributed by atoms with van der Waals surface area (Å²) in [5.74, 6) is 0.452. The summed E-state index contributed by atoms with van der Waals surface area (Å²) < 4.78 is 12.9. The SMILES string of the molecule is Cc1nc(C2CCN(C(=O)CCc3ccc(F)cc3)CC2)sc1C. The smallest absolute Gasteiger partial charge is 0.222 e. The van der Waals surface area contributed by atoms with Gasteiger partial charge in [0.1, 0.15) is 5.82 Å². The zero-order valence-corrected chi connectivity index (χ0v) is 15.0. The maximum atomic E-state index is 12.9. The molecule has 0 saturated carbocycles. The second-order valence-electron chi connectivity index (χ2n) is 6.48. The molecule has 1 saturated heterocycles. The Morgan fingerprint density at radius 1 is 1.25 bits per heavy atom. The Balaban J connectivity index is 1.48. The van der Waals surface area contributed by atoms with E-state index in [0.717, 1.165) is 37.2 Å². The molecule has 2 heterocycles. The second-order valence-corrected chi connectivity index (χ2v) is 7.71. The number of carbonyl (C=O) groups is 1. The fourth-order valence-electron chi connectivity index (χ4n) is 3.11. The number of aromatic nitrogens is 1. The lowest BCUT2D eigenvalue weighted by atomic mass is 9.97. The van der Waals surface area contributed by atoms with Crippen LogP contribution in [-0.2, 0) is 11.2 Å². The highest BCUT2D eigenvalue weighted by Crippen LogP contribution is 2.32. The van der Waals surface area contributed by atoms with Gasteiger partial charge in [-0.25, -0.2) is 9.37 Å². The molecule has 0 unspecified atom stereocenters. The van der Waals surface area contributed by atoms with E-state index in [4.69, 9.17) is 0 Å². The van der Waals surface area contributed by atoms with Crippen molar-refractivity contribution in [1.29, 1.82) is 0 Å². The van der Waals surface area contributed by atoms with Gasteiger partial charge in [-0.3, -0.25) is 4.79 Å². The van der Waals surface area contributed by atoms with Crippen LogP contribution in [0.25, 0.3) is 0 Å². The average molecular weight is 346 g/mol. The van der Waals surface area contributed by atoms with Crippen LogP contribution in [0.15, 0.2) is 24.3 Å². The Hall–Kier alpha value is -1.75. The van der Waals surface area contributed by atoms with Crippen LogP contribution in [0.1, 0.15) is 46.3 Å². The summed E-state index contributed by atoms with van der Waals surface area (Å²) in [6, 6.07) is 6.40. The van der Waals surface area contributed by atoms with Crippen molar-refractivity contribution in [2.45, 2.75) is 45.4 Å². The number of carbonyl (C=O) groups excluding carboxylic acids is 1. The summed E-state index contributed by atoms with van der Waals surface area (Å²) in [7, 11) is 0. The molecule has 3 rings (SSSR count). The molecule has 0 N–H and O–H groups in total. The van der Waals surface area contributed by atoms with E-state index in [-0.39, 0.29) is 11.7 Å². The van der Waals surface area contributed by atoms with Crippen molar-refractivity contribution < 1.29 is 9.18 Å². The van der Waals surface area contributed by atoms with Gasteiger partial charge in [-0.15, -0.1) is 11.3 Å². The molecule has 24 heavy (non-hydrogen) atoms. The van der Waals surface area contributed by atoms with Crippen molar-refractivity contribution in [2.24, 2.45) is 0 Å². The monoisotopic (exact) mass is 346 g/mol. The van der Waals surface area contributed by atoms with E-state index < -0.39 is 0 Å². The minimum atomic E-state index is -0.236. The van der Waals surface area contributed by atoms with E-state index in [1.165, 1.54) is 22.0 Å². The first-order valence-electron chi connectivity index (χ1n) is 8.49. The molecule has 0 radical (unpaired) electrons. The number of nitrogens with zero attached hydrogens (tertiary/aromatic N) is 2. The van der Waals surface area contributed by atoms with Gasteiger partial charge in [0.2, 0.25) is 5.91 Å². The minimum Gasteiger partial charge on any atom is -0.343 e. The lowest BCUT2D eigenvalue weighted by Gasteiger charge is -2.31. The molecular weight excluding hydrogens is 323 g/mol. The largest absolute Gasteiger partial charge is 0.343 e. The number of aryl methyl sites for hydroxylation is 3. The van der Waals surface area contributed by atoms with Crippen molar-refractivity contribution in [1.82, 2.24) is 9.88 Å². The number of likely N-dealkylation sites (tertiary alicyclic amines) is 1. The first-order chi connectivity index (χ1) is 11.5. The maximum absolute atomic E-state index is 12.9. The molecule has 0 aliphatic carbocycles. The summed E-state index contributed by atoms with van der Waals surface area (Å²) in [6.45, 7) is 5.79. The van der Waals surface area contributed by atoms with Gasteiger partial charge in [-0.1, -0.05) is 12.1 Å². The molecule has 0 spiro atoms. The van der Waals surface area contributed by atoms with Gasteiger partial charge < -0.3 is 4.90 Å². The first-order valence-corrected chi connectivity index (χ1v) is 9.30. The zero-order chi connectivity index (χ0) is 17.1. The van der Waals surface area contributed by atoms with Crippen LogP contribution in [0.3, 0.4) is 0 Å². The van der Waals surface area contributed by atoms with Crippen LogP contribution >= 0.6 is 11.3 Å². The Morgan fingerprint density at radius 2 is 1.92 bits per heavy atom. The number of rotatable bonds is 4. The van der Waals surface area contributed by atoms with Gasteiger partial charge in [0.25, 0.3) is 0 Å². The first kappa shape index (κ1) is 17.1. The minimum absolute atomic E-state index is 0.198. The molecule has 1 aliphatic rings. The quantitative estimate of drug-likeness (QED) is 0.830. The van der Waals surface area contributed by atoms with Gasteiger partial charge in [0.05, 0.1) is 10.7 Å². The summed E-state index contributed by atoms with van der Waals surface area (Å²) in [6.07, 6.45) is 3.15. The van der Waals surface area contributed by atoms with Crippen molar-refractivity contribution in [3.05, 3.63) is 51.2 Å². The predicted octanol–water partition coefficient (Wildman–Crippen LogP) is 4.24. The fraction of sp³-hybridized carbons (Fsp3) is 0.474. The molecule has 3 nitrogen and oxygen atoms in total. The van der Waals surface area contributed by atoms with Crippen LogP contribution in [0.2, 0.25) is 0 Å². The van der Waals surface area contributed by atoms with Crippen molar-refractivity contribution in [3.63, 3.8) is 0 Å². The Morgan fingerprint density at radius 3 is 2.50 bits per heavy atom. The molecule has 1 amide bonds. The van der Waals surface area contributed by atoms with Crippen LogP contribution in [0, 0.1) is 19.7 Å². The van der Waals surface area contributed by atoms with E-state index in [2.05, 4.69) is 18.8 Å². The van der Waals surface area contributed by atoms with E-state index in [1.807, 2.05) is 4.90 Å². The number of hydrogen-bond acceptors (Lipinski definition) is 3. The maximum Gasteiger partial charge on any atom is 0.222 e. The molecule has 1 aliphatic heterocycles. The van der Waals surface area contributed by atoms with E-state index in [9.17, 15) is 9.18 Å². The molecule has 128 valence electrons. The molecule has 0 bridgehead atoms. The van der Waals surface area contributed by atoms with Gasteiger partial charge in [-0.05, 0) is 50.8 Å². The lowest BCUT2D eigenvalue weighted by Crippen LogP contribution is -2.38. The lowest BCUT2D eigenvalue weighted by molar-refractivity contribution is -0.132. The Bertz CT molecular complexity index is 683. The second kappa shape index (κ2) is 7.43. The Labute approximate surface area is 146 Å². The summed E-state index contributed by atoms with van der Waals surface area (Å²) in [5, 5.41) is 1.23. The van der Waals surface area contributed by atoms with E-state index >= 15 is 0 Å². The molecule has 0 atom stereocenters. The molecule has 1 fully saturated rings. The van der Waals surface area contributed by atoms with Crippen molar-refractivity contribution in [2.75, 3.05) is 13.1 Å². The van der Waals surface area contributed by atoms with Crippen LogP contribution in [0.5, 0.6) is 0 Å². The zero-order valence-electron chi connectivity index (χ0n) is 14.2. The van der Waals surface area contributed by atoms with Crippen LogP contribution < -0.4 is 0 Å². The van der Waals surface area contributed by atoms with E-state index in [0.29, 0.717) is 18.8 Å². The number of thiazole rings is 1. The molecule has 5 heteroatoms. The average Bonchev–Trinajstić information content (AvgIpc) is 2.93. The highest BCUT2D eigenvalue weighted by Gasteiger charge is 2.25. The topological polar surface area (TPSA) is 33.2 Å². The molecular formula is C19H23FN2OS. The molecule has 2 aromatic rings. The summed E-state index contributed by atoms with van der Waals surface area (Å²) in [4.78, 5) is 20.3. The third kappa shape index (κ3) is 4.01. The van der Waals surface area contributed by atoms with Crippen LogP contribution in [-0.4, -0.2) is 28.9 Å². The third-order valence-electron chi connectivity index (χ3n) is 4.78. The Kier molecular flexibility index (Phi) is 5.29. The summed E-state index contributed by atoms with van der Waals surface area (Å²) in [5.41, 5.74) is 2.14. The molecule has 1 aromatic heterocycles. The number of amides is 1. The fourth-order valence-corrected chi connectivity index (χ4v) is 4.20. The number of piperidine rings is 1.